The van der Waals surface area contributed by atoms with Crippen LogP contribution in [-0.4, -0.2) is 31.5 Å². The molecule has 74 valence electrons. The molecule has 13 heavy (non-hydrogen) atoms. The first-order valence-corrected chi connectivity index (χ1v) is 5.77. The lowest BCUT2D eigenvalue weighted by Gasteiger charge is -2.19. The molecular formula is C6H8ClNO4S. The normalized spacial score (nSPS) is 24.0. The molecule has 1 heterocycles. The predicted molar refractivity (Wildman–Crippen MR) is 46.6 cm³/mol. The van der Waals surface area contributed by atoms with E-state index in [1.165, 1.54) is 13.0 Å². The number of carbonyl (C=O) groups excluding carboxylic acids is 1. The van der Waals surface area contributed by atoms with Crippen molar-refractivity contribution >= 4 is 26.0 Å². The SMILES string of the molecule is CC1C=CCOC(=O)N1S(=O)(=O)Cl. The van der Waals surface area contributed by atoms with Gasteiger partial charge in [-0.2, -0.15) is 12.7 Å². The van der Waals surface area contributed by atoms with Crippen molar-refractivity contribution in [2.45, 2.75) is 13.0 Å². The standard InChI is InChI=1S/C6H8ClNO4S/c1-5-3-2-4-12-6(9)8(5)13(7,10)11/h2-3,5H,4H2,1H3. The van der Waals surface area contributed by atoms with E-state index >= 15 is 0 Å². The van der Waals surface area contributed by atoms with Crippen LogP contribution in [0.25, 0.3) is 0 Å². The number of nitrogens with zero attached hydrogens (tertiary/aromatic N) is 1. The summed E-state index contributed by atoms with van der Waals surface area (Å²) < 4.78 is 26.9. The van der Waals surface area contributed by atoms with Crippen molar-refractivity contribution in [3.05, 3.63) is 12.2 Å². The molecule has 7 heteroatoms. The van der Waals surface area contributed by atoms with Crippen molar-refractivity contribution in [2.75, 3.05) is 6.61 Å². The van der Waals surface area contributed by atoms with Gasteiger partial charge >= 0.3 is 15.3 Å². The molecule has 1 atom stereocenters. The third-order valence-corrected chi connectivity index (χ3v) is 2.90. The molecule has 1 unspecified atom stereocenters. The summed E-state index contributed by atoms with van der Waals surface area (Å²) in [5, 5.41) is 0. The second-order valence-electron chi connectivity index (χ2n) is 2.48. The van der Waals surface area contributed by atoms with E-state index in [0.29, 0.717) is 4.31 Å². The smallest absolute Gasteiger partial charge is 0.425 e. The fourth-order valence-electron chi connectivity index (χ4n) is 0.968. The molecule has 0 aromatic rings. The minimum absolute atomic E-state index is 0.0616. The highest BCUT2D eigenvalue weighted by Gasteiger charge is 2.31. The Bertz CT molecular complexity index is 337. The first-order valence-electron chi connectivity index (χ1n) is 3.50. The van der Waals surface area contributed by atoms with Gasteiger partial charge in [0.1, 0.15) is 6.61 Å². The van der Waals surface area contributed by atoms with E-state index in [1.807, 2.05) is 0 Å². The summed E-state index contributed by atoms with van der Waals surface area (Å²) in [6, 6.07) is -0.613. The number of cyclic esters (lactones) is 1. The highest BCUT2D eigenvalue weighted by atomic mass is 35.7. The second-order valence-corrected chi connectivity index (χ2v) is 4.87. The van der Waals surface area contributed by atoms with Crippen LogP contribution < -0.4 is 0 Å². The van der Waals surface area contributed by atoms with Crippen LogP contribution in [-0.2, 0) is 14.0 Å². The van der Waals surface area contributed by atoms with Crippen molar-refractivity contribution in [1.29, 1.82) is 0 Å². The summed E-state index contributed by atoms with van der Waals surface area (Å²) >= 11 is 0. The number of hydrogen-bond acceptors (Lipinski definition) is 4. The van der Waals surface area contributed by atoms with Crippen LogP contribution in [0.15, 0.2) is 12.2 Å². The van der Waals surface area contributed by atoms with E-state index in [9.17, 15) is 13.2 Å². The molecule has 1 rings (SSSR count). The number of carbonyl (C=O) groups is 1. The number of halogens is 1. The van der Waals surface area contributed by atoms with E-state index in [4.69, 9.17) is 10.7 Å². The third kappa shape index (κ3) is 2.35. The van der Waals surface area contributed by atoms with E-state index < -0.39 is 21.4 Å². The molecule has 0 spiro atoms. The summed E-state index contributed by atoms with van der Waals surface area (Å²) in [6.45, 7) is 1.59. The lowest BCUT2D eigenvalue weighted by Crippen LogP contribution is -2.39. The molecule has 0 saturated heterocycles. The Balaban J connectivity index is 3.03. The van der Waals surface area contributed by atoms with Gasteiger partial charge in [0.2, 0.25) is 0 Å². The lowest BCUT2D eigenvalue weighted by molar-refractivity contribution is 0.137. The van der Waals surface area contributed by atoms with Gasteiger partial charge in [0.25, 0.3) is 0 Å². The minimum atomic E-state index is -4.07. The largest absolute Gasteiger partial charge is 0.444 e. The number of hydrogen-bond donors (Lipinski definition) is 0. The monoisotopic (exact) mass is 225 g/mol. The van der Waals surface area contributed by atoms with Crippen molar-refractivity contribution in [1.82, 2.24) is 4.31 Å². The van der Waals surface area contributed by atoms with E-state index in [1.54, 1.807) is 6.08 Å². The summed E-state index contributed by atoms with van der Waals surface area (Å²) in [5.74, 6) is 0. The van der Waals surface area contributed by atoms with Crippen LogP contribution in [0.2, 0.25) is 0 Å². The molecule has 0 bridgehead atoms. The molecule has 1 amide bonds. The number of amides is 1. The van der Waals surface area contributed by atoms with Crippen molar-refractivity contribution < 1.29 is 17.9 Å². The van der Waals surface area contributed by atoms with E-state index in [2.05, 4.69) is 4.74 Å². The zero-order valence-electron chi connectivity index (χ0n) is 6.81. The first kappa shape index (κ1) is 10.3. The highest BCUT2D eigenvalue weighted by molar-refractivity contribution is 8.12. The van der Waals surface area contributed by atoms with Gasteiger partial charge in [-0.1, -0.05) is 6.08 Å². The molecule has 0 radical (unpaired) electrons. The van der Waals surface area contributed by atoms with Crippen LogP contribution in [0.4, 0.5) is 4.79 Å². The van der Waals surface area contributed by atoms with Crippen LogP contribution in [0.3, 0.4) is 0 Å². The van der Waals surface area contributed by atoms with Crippen molar-refractivity contribution in [2.24, 2.45) is 0 Å². The predicted octanol–water partition coefficient (Wildman–Crippen LogP) is 0.867. The second kappa shape index (κ2) is 3.55. The molecule has 1 aliphatic rings. The average molecular weight is 226 g/mol. The maximum absolute atomic E-state index is 11.1. The van der Waals surface area contributed by atoms with Gasteiger partial charge in [0.15, 0.2) is 0 Å². The molecule has 5 nitrogen and oxygen atoms in total. The third-order valence-electron chi connectivity index (χ3n) is 1.50. The van der Waals surface area contributed by atoms with Gasteiger partial charge < -0.3 is 4.74 Å². The lowest BCUT2D eigenvalue weighted by atomic mass is 10.3. The van der Waals surface area contributed by atoms with E-state index in [0.717, 1.165) is 0 Å². The Morgan fingerprint density at radius 1 is 1.69 bits per heavy atom. The Morgan fingerprint density at radius 2 is 2.31 bits per heavy atom. The number of rotatable bonds is 1. The summed E-state index contributed by atoms with van der Waals surface area (Å²) in [5.41, 5.74) is 0. The van der Waals surface area contributed by atoms with Gasteiger partial charge in [-0.25, -0.2) is 4.79 Å². The van der Waals surface area contributed by atoms with Crippen LogP contribution in [0.5, 0.6) is 0 Å². The molecule has 1 aliphatic heterocycles. The molecule has 0 aliphatic carbocycles. The van der Waals surface area contributed by atoms with Gasteiger partial charge in [-0.3, -0.25) is 0 Å². The maximum atomic E-state index is 11.1. The summed E-state index contributed by atoms with van der Waals surface area (Å²) in [7, 11) is 0.970. The molecule has 0 aromatic heterocycles. The Labute approximate surface area is 80.5 Å². The van der Waals surface area contributed by atoms with Gasteiger partial charge in [0, 0.05) is 10.7 Å². The summed E-state index contributed by atoms with van der Waals surface area (Å²) in [6.07, 6.45) is 2.14. The highest BCUT2D eigenvalue weighted by Crippen LogP contribution is 2.16. The molecule has 0 aromatic carbocycles. The van der Waals surface area contributed by atoms with Crippen LogP contribution >= 0.6 is 10.7 Å². The quantitative estimate of drug-likeness (QED) is 0.491. The van der Waals surface area contributed by atoms with Crippen LogP contribution in [0, 0.1) is 0 Å². The Morgan fingerprint density at radius 3 is 2.85 bits per heavy atom. The zero-order chi connectivity index (χ0) is 10.1. The fraction of sp³-hybridized carbons (Fsp3) is 0.500. The van der Waals surface area contributed by atoms with E-state index in [-0.39, 0.29) is 6.61 Å². The maximum Gasteiger partial charge on any atom is 0.425 e. The molecule has 0 N–H and O–H groups in total. The first-order chi connectivity index (χ1) is 5.93. The average Bonchev–Trinajstić information content (AvgIpc) is 2.09. The van der Waals surface area contributed by atoms with Gasteiger partial charge in [-0.05, 0) is 13.0 Å². The summed E-state index contributed by atoms with van der Waals surface area (Å²) in [4.78, 5) is 11.1. The minimum Gasteiger partial charge on any atom is -0.444 e. The van der Waals surface area contributed by atoms with Crippen LogP contribution in [0.1, 0.15) is 6.92 Å². The molecule has 0 saturated carbocycles. The Kier molecular flexibility index (Phi) is 2.82. The van der Waals surface area contributed by atoms with Gasteiger partial charge in [0.05, 0.1) is 6.04 Å². The number of ether oxygens (including phenoxy) is 1. The topological polar surface area (TPSA) is 63.7 Å². The fourth-order valence-corrected chi connectivity index (χ4v) is 2.21. The zero-order valence-corrected chi connectivity index (χ0v) is 8.38. The van der Waals surface area contributed by atoms with Crippen molar-refractivity contribution in [3.8, 4) is 0 Å². The van der Waals surface area contributed by atoms with Gasteiger partial charge in [-0.15, -0.1) is 0 Å². The van der Waals surface area contributed by atoms with Crippen molar-refractivity contribution in [3.63, 3.8) is 0 Å². The molecule has 0 fully saturated rings. The molecular weight excluding hydrogens is 218 g/mol. The Hall–Kier alpha value is -0.750.